The monoisotopic (exact) mass is 366 g/mol. The largest absolute Gasteiger partial charge is 0.452 e. The number of allylic oxidation sites excluding steroid dienone is 2. The van der Waals surface area contributed by atoms with E-state index in [0.717, 1.165) is 36.3 Å². The van der Waals surface area contributed by atoms with E-state index in [4.69, 9.17) is 4.74 Å². The highest BCUT2D eigenvalue weighted by Gasteiger charge is 2.30. The third-order valence-electron chi connectivity index (χ3n) is 4.79. The summed E-state index contributed by atoms with van der Waals surface area (Å²) < 4.78 is 6.34. The van der Waals surface area contributed by atoms with Gasteiger partial charge in [-0.2, -0.15) is 4.98 Å². The van der Waals surface area contributed by atoms with Crippen molar-refractivity contribution in [3.63, 3.8) is 0 Å². The standard InChI is InChI=1S/C20H22N4OS/c1-3-12-26-20-22-19-17(23-24-20)15-6-4-5-7-16(15)21-18(25-19)14-10-8-13(2)9-11-14/h3-8,14,18,21H,1,9-12H2,2H3/t14-,18-/m1/s1. The highest BCUT2D eigenvalue weighted by Crippen LogP contribution is 2.39. The summed E-state index contributed by atoms with van der Waals surface area (Å²) in [6, 6.07) is 8.12. The summed E-state index contributed by atoms with van der Waals surface area (Å²) in [5.41, 5.74) is 4.15. The van der Waals surface area contributed by atoms with Crippen LogP contribution >= 0.6 is 11.8 Å². The number of benzene rings is 1. The van der Waals surface area contributed by atoms with Crippen molar-refractivity contribution in [1.82, 2.24) is 15.2 Å². The molecule has 0 saturated heterocycles. The molecule has 0 amide bonds. The second kappa shape index (κ2) is 7.50. The fraction of sp³-hybridized carbons (Fsp3) is 0.350. The third-order valence-corrected chi connectivity index (χ3v) is 5.62. The van der Waals surface area contributed by atoms with Crippen molar-refractivity contribution < 1.29 is 4.74 Å². The first-order chi connectivity index (χ1) is 12.7. The normalized spacial score (nSPS) is 21.3. The van der Waals surface area contributed by atoms with Gasteiger partial charge in [0.2, 0.25) is 11.0 Å². The number of nitrogens with zero attached hydrogens (tertiary/aromatic N) is 3. The van der Waals surface area contributed by atoms with Crippen LogP contribution in [-0.2, 0) is 0 Å². The Balaban J connectivity index is 1.71. The van der Waals surface area contributed by atoms with Crippen LogP contribution in [0.15, 0.2) is 53.7 Å². The summed E-state index contributed by atoms with van der Waals surface area (Å²) in [6.07, 6.45) is 7.25. The van der Waals surface area contributed by atoms with E-state index in [1.54, 1.807) is 0 Å². The molecule has 1 N–H and O–H groups in total. The maximum Gasteiger partial charge on any atom is 0.247 e. The lowest BCUT2D eigenvalue weighted by Crippen LogP contribution is -2.35. The molecule has 1 aliphatic heterocycles. The average molecular weight is 366 g/mol. The van der Waals surface area contributed by atoms with Gasteiger partial charge in [0.15, 0.2) is 11.9 Å². The lowest BCUT2D eigenvalue weighted by Gasteiger charge is -2.29. The maximum absolute atomic E-state index is 6.34. The summed E-state index contributed by atoms with van der Waals surface area (Å²) in [7, 11) is 0. The van der Waals surface area contributed by atoms with Crippen LogP contribution in [0.3, 0.4) is 0 Å². The number of fused-ring (bicyclic) bond motifs is 3. The summed E-state index contributed by atoms with van der Waals surface area (Å²) in [6.45, 7) is 5.94. The summed E-state index contributed by atoms with van der Waals surface area (Å²) in [5, 5.41) is 12.9. The number of nitrogens with one attached hydrogen (secondary N) is 1. The van der Waals surface area contributed by atoms with Gasteiger partial charge in [-0.15, -0.1) is 16.8 Å². The zero-order valence-corrected chi connectivity index (χ0v) is 15.6. The van der Waals surface area contributed by atoms with E-state index < -0.39 is 0 Å². The predicted octanol–water partition coefficient (Wildman–Crippen LogP) is 4.69. The molecule has 5 nitrogen and oxygen atoms in total. The number of hydrogen-bond donors (Lipinski definition) is 1. The number of aromatic nitrogens is 3. The first-order valence-electron chi connectivity index (χ1n) is 8.91. The zero-order chi connectivity index (χ0) is 17.9. The molecule has 134 valence electrons. The third kappa shape index (κ3) is 3.46. The quantitative estimate of drug-likeness (QED) is 0.625. The van der Waals surface area contributed by atoms with Crippen molar-refractivity contribution in [2.45, 2.75) is 37.6 Å². The minimum atomic E-state index is -0.129. The van der Waals surface area contributed by atoms with Crippen molar-refractivity contribution in [3.05, 3.63) is 48.6 Å². The van der Waals surface area contributed by atoms with Gasteiger partial charge in [0.05, 0.1) is 0 Å². The minimum absolute atomic E-state index is 0.129. The molecule has 0 bridgehead atoms. The van der Waals surface area contributed by atoms with Gasteiger partial charge >= 0.3 is 0 Å². The van der Waals surface area contributed by atoms with Crippen LogP contribution in [-0.4, -0.2) is 27.2 Å². The highest BCUT2D eigenvalue weighted by molar-refractivity contribution is 7.99. The molecule has 26 heavy (non-hydrogen) atoms. The van der Waals surface area contributed by atoms with Crippen LogP contribution < -0.4 is 10.1 Å². The van der Waals surface area contributed by atoms with E-state index in [9.17, 15) is 0 Å². The van der Waals surface area contributed by atoms with Crippen LogP contribution in [0.25, 0.3) is 11.3 Å². The smallest absolute Gasteiger partial charge is 0.247 e. The van der Waals surface area contributed by atoms with E-state index in [1.165, 1.54) is 17.3 Å². The van der Waals surface area contributed by atoms with E-state index in [2.05, 4.69) is 46.1 Å². The second-order valence-corrected chi connectivity index (χ2v) is 7.65. The van der Waals surface area contributed by atoms with Gasteiger partial charge in [-0.05, 0) is 32.3 Å². The Morgan fingerprint density at radius 3 is 3.04 bits per heavy atom. The SMILES string of the molecule is C=CCSc1nnc2c(n1)O[C@H]([C@@H]1CC=C(C)CC1)Nc1ccccc1-2. The fourth-order valence-electron chi connectivity index (χ4n) is 3.34. The van der Waals surface area contributed by atoms with Crippen LogP contribution in [0.1, 0.15) is 26.2 Å². The molecule has 0 unspecified atom stereocenters. The van der Waals surface area contributed by atoms with E-state index in [-0.39, 0.29) is 6.23 Å². The Morgan fingerprint density at radius 2 is 2.23 bits per heavy atom. The molecule has 2 heterocycles. The first-order valence-corrected chi connectivity index (χ1v) is 9.90. The Labute approximate surface area is 158 Å². The van der Waals surface area contributed by atoms with Gasteiger partial charge in [0.1, 0.15) is 0 Å². The lowest BCUT2D eigenvalue weighted by molar-refractivity contribution is 0.145. The number of hydrogen-bond acceptors (Lipinski definition) is 6. The molecular weight excluding hydrogens is 344 g/mol. The van der Waals surface area contributed by atoms with E-state index in [0.29, 0.717) is 22.6 Å². The molecule has 4 rings (SSSR count). The van der Waals surface area contributed by atoms with Gasteiger partial charge in [-0.25, -0.2) is 0 Å². The van der Waals surface area contributed by atoms with E-state index >= 15 is 0 Å². The first kappa shape index (κ1) is 17.1. The highest BCUT2D eigenvalue weighted by atomic mass is 32.2. The molecule has 6 heteroatoms. The molecule has 1 aromatic heterocycles. The Kier molecular flexibility index (Phi) is 4.93. The number of thioether (sulfide) groups is 1. The Morgan fingerprint density at radius 1 is 1.35 bits per heavy atom. The number of anilines is 1. The van der Waals surface area contributed by atoms with E-state index in [1.807, 2.05) is 24.3 Å². The molecule has 2 atom stereocenters. The summed E-state index contributed by atoms with van der Waals surface area (Å²) in [5.74, 6) is 1.70. The van der Waals surface area contributed by atoms with Gasteiger partial charge < -0.3 is 10.1 Å². The van der Waals surface area contributed by atoms with Crippen molar-refractivity contribution in [2.75, 3.05) is 11.1 Å². The molecule has 0 radical (unpaired) electrons. The van der Waals surface area contributed by atoms with Crippen molar-refractivity contribution in [2.24, 2.45) is 5.92 Å². The average Bonchev–Trinajstić information content (AvgIpc) is 2.83. The molecular formula is C20H22N4OS. The van der Waals surface area contributed by atoms with Crippen LogP contribution in [0.2, 0.25) is 0 Å². The molecule has 1 aromatic carbocycles. The zero-order valence-electron chi connectivity index (χ0n) is 14.8. The fourth-order valence-corrected chi connectivity index (χ4v) is 3.85. The number of ether oxygens (including phenoxy) is 1. The second-order valence-electron chi connectivity index (χ2n) is 6.66. The Hall–Kier alpha value is -2.34. The van der Waals surface area contributed by atoms with Crippen molar-refractivity contribution >= 4 is 17.4 Å². The van der Waals surface area contributed by atoms with Crippen molar-refractivity contribution in [3.8, 4) is 17.1 Å². The predicted molar refractivity (Wildman–Crippen MR) is 105 cm³/mol. The van der Waals surface area contributed by atoms with Gasteiger partial charge in [-0.3, -0.25) is 0 Å². The lowest BCUT2D eigenvalue weighted by atomic mass is 9.89. The number of para-hydroxylation sites is 1. The van der Waals surface area contributed by atoms with Gasteiger partial charge in [0, 0.05) is 22.9 Å². The number of rotatable bonds is 4. The van der Waals surface area contributed by atoms with Crippen LogP contribution in [0, 0.1) is 5.92 Å². The minimum Gasteiger partial charge on any atom is -0.452 e. The molecule has 2 aliphatic rings. The Bertz CT molecular complexity index is 851. The molecule has 0 fully saturated rings. The summed E-state index contributed by atoms with van der Waals surface area (Å²) >= 11 is 1.51. The van der Waals surface area contributed by atoms with Gasteiger partial charge in [-0.1, -0.05) is 47.7 Å². The summed E-state index contributed by atoms with van der Waals surface area (Å²) in [4.78, 5) is 4.63. The topological polar surface area (TPSA) is 59.9 Å². The maximum atomic E-state index is 6.34. The van der Waals surface area contributed by atoms with Gasteiger partial charge in [0.25, 0.3) is 0 Å². The van der Waals surface area contributed by atoms with Crippen molar-refractivity contribution in [1.29, 1.82) is 0 Å². The molecule has 0 saturated carbocycles. The molecule has 1 aliphatic carbocycles. The molecule has 2 aromatic rings. The molecule has 0 spiro atoms. The van der Waals surface area contributed by atoms with Crippen LogP contribution in [0.5, 0.6) is 5.88 Å². The van der Waals surface area contributed by atoms with Crippen LogP contribution in [0.4, 0.5) is 5.69 Å².